The van der Waals surface area contributed by atoms with Gasteiger partial charge < -0.3 is 4.74 Å². The molecule has 1 heterocycles. The van der Waals surface area contributed by atoms with Crippen molar-refractivity contribution in [1.82, 2.24) is 4.98 Å². The first-order valence-electron chi connectivity index (χ1n) is 9.28. The number of aryl methyl sites for hydroxylation is 1. The van der Waals surface area contributed by atoms with E-state index < -0.39 is 0 Å². The molecule has 0 saturated heterocycles. The molecule has 2 nitrogen and oxygen atoms in total. The van der Waals surface area contributed by atoms with Crippen LogP contribution >= 0.6 is 0 Å². The molecule has 4 rings (SSSR count). The number of fused-ring (bicyclic) bond motifs is 3. The Kier molecular flexibility index (Phi) is 4.83. The van der Waals surface area contributed by atoms with Crippen molar-refractivity contribution in [2.45, 2.75) is 32.3 Å². The molecule has 3 aromatic carbocycles. The zero-order valence-corrected chi connectivity index (χ0v) is 15.1. The van der Waals surface area contributed by atoms with Gasteiger partial charge in [0.2, 0.25) is 0 Å². The van der Waals surface area contributed by atoms with Gasteiger partial charge in [-0.05, 0) is 49.3 Å². The second kappa shape index (κ2) is 7.57. The first kappa shape index (κ1) is 16.6. The lowest BCUT2D eigenvalue weighted by Gasteiger charge is -2.15. The van der Waals surface area contributed by atoms with E-state index in [9.17, 15) is 0 Å². The monoisotopic (exact) mass is 341 g/mol. The first-order valence-corrected chi connectivity index (χ1v) is 9.28. The Balaban J connectivity index is 1.42. The van der Waals surface area contributed by atoms with Crippen LogP contribution in [0.15, 0.2) is 79.0 Å². The van der Waals surface area contributed by atoms with E-state index in [2.05, 4.69) is 78.6 Å². The summed E-state index contributed by atoms with van der Waals surface area (Å²) in [6.45, 7) is 2.14. The van der Waals surface area contributed by atoms with E-state index in [0.717, 1.165) is 30.5 Å². The number of pyridine rings is 1. The van der Waals surface area contributed by atoms with Crippen LogP contribution in [-0.4, -0.2) is 11.1 Å². The summed E-state index contributed by atoms with van der Waals surface area (Å²) < 4.78 is 6.13. The first-order chi connectivity index (χ1) is 12.8. The lowest BCUT2D eigenvalue weighted by molar-refractivity contribution is 0.208. The predicted molar refractivity (Wildman–Crippen MR) is 109 cm³/mol. The molecule has 0 spiro atoms. The van der Waals surface area contributed by atoms with Crippen molar-refractivity contribution in [1.29, 1.82) is 0 Å². The van der Waals surface area contributed by atoms with Crippen LogP contribution < -0.4 is 4.74 Å². The Morgan fingerprint density at radius 2 is 1.69 bits per heavy atom. The highest BCUT2D eigenvalue weighted by Gasteiger charge is 2.07. The van der Waals surface area contributed by atoms with Crippen LogP contribution in [0.3, 0.4) is 0 Å². The molecule has 26 heavy (non-hydrogen) atoms. The minimum atomic E-state index is 0.191. The molecule has 1 unspecified atom stereocenters. The maximum absolute atomic E-state index is 6.13. The Morgan fingerprint density at radius 3 is 2.58 bits per heavy atom. The quantitative estimate of drug-likeness (QED) is 0.391. The third-order valence-electron chi connectivity index (χ3n) is 4.82. The average Bonchev–Trinajstić information content (AvgIpc) is 2.68. The predicted octanol–water partition coefficient (Wildman–Crippen LogP) is 6.18. The van der Waals surface area contributed by atoms with Crippen molar-refractivity contribution >= 4 is 21.7 Å². The summed E-state index contributed by atoms with van der Waals surface area (Å²) >= 11 is 0. The van der Waals surface area contributed by atoms with Crippen molar-refractivity contribution in [3.63, 3.8) is 0 Å². The second-order valence-electron chi connectivity index (χ2n) is 6.83. The summed E-state index contributed by atoms with van der Waals surface area (Å²) in [7, 11) is 0. The van der Waals surface area contributed by atoms with Gasteiger partial charge in [-0.2, -0.15) is 0 Å². The van der Waals surface area contributed by atoms with Gasteiger partial charge in [-0.25, -0.2) is 0 Å². The Hall–Kier alpha value is -2.87. The zero-order valence-electron chi connectivity index (χ0n) is 15.1. The van der Waals surface area contributed by atoms with E-state index in [4.69, 9.17) is 4.74 Å². The number of nitrogens with zero attached hydrogens (tertiary/aromatic N) is 1. The largest absolute Gasteiger partial charge is 0.491 e. The third kappa shape index (κ3) is 3.70. The molecular weight excluding hydrogens is 318 g/mol. The molecule has 130 valence electrons. The van der Waals surface area contributed by atoms with Gasteiger partial charge in [0, 0.05) is 23.0 Å². The van der Waals surface area contributed by atoms with Gasteiger partial charge in [0.15, 0.2) is 0 Å². The van der Waals surface area contributed by atoms with E-state index in [1.807, 2.05) is 12.3 Å². The molecule has 0 radical (unpaired) electrons. The number of hydrogen-bond donors (Lipinski definition) is 0. The van der Waals surface area contributed by atoms with Crippen LogP contribution in [0.1, 0.15) is 25.3 Å². The molecule has 1 aromatic heterocycles. The van der Waals surface area contributed by atoms with Crippen molar-refractivity contribution in [2.24, 2.45) is 0 Å². The molecule has 0 aliphatic heterocycles. The molecule has 0 saturated carbocycles. The third-order valence-corrected chi connectivity index (χ3v) is 4.82. The summed E-state index contributed by atoms with van der Waals surface area (Å²) in [6, 6.07) is 25.2. The van der Waals surface area contributed by atoms with Gasteiger partial charge in [-0.1, -0.05) is 54.6 Å². The molecule has 1 atom stereocenters. The highest BCUT2D eigenvalue weighted by atomic mass is 16.5. The van der Waals surface area contributed by atoms with Crippen LogP contribution in [0.4, 0.5) is 0 Å². The fraction of sp³-hybridized carbons (Fsp3) is 0.208. The SMILES string of the molecule is CC(CCCc1ccccc1)Oc1ccc2c(c1)ncc1ccccc12. The zero-order chi connectivity index (χ0) is 17.8. The fourth-order valence-electron chi connectivity index (χ4n) is 3.44. The standard InChI is InChI=1S/C24H23NO/c1-18(8-7-11-19-9-3-2-4-10-19)26-21-14-15-23-22-13-6-5-12-20(22)17-25-24(23)16-21/h2-6,9-10,12-18H,7-8,11H2,1H3. The summed E-state index contributed by atoms with van der Waals surface area (Å²) in [4.78, 5) is 4.60. The summed E-state index contributed by atoms with van der Waals surface area (Å²) in [5.41, 5.74) is 2.37. The Labute approximate surface area is 154 Å². The van der Waals surface area contributed by atoms with Crippen LogP contribution in [0.2, 0.25) is 0 Å². The Bertz CT molecular complexity index is 1010. The molecule has 0 N–H and O–H groups in total. The van der Waals surface area contributed by atoms with Crippen molar-refractivity contribution in [2.75, 3.05) is 0 Å². The van der Waals surface area contributed by atoms with Crippen molar-refractivity contribution in [3.8, 4) is 5.75 Å². The number of benzene rings is 3. The van der Waals surface area contributed by atoms with Gasteiger partial charge in [0.1, 0.15) is 5.75 Å². The van der Waals surface area contributed by atoms with E-state index in [0.29, 0.717) is 0 Å². The highest BCUT2D eigenvalue weighted by molar-refractivity contribution is 6.05. The van der Waals surface area contributed by atoms with Gasteiger partial charge in [-0.15, -0.1) is 0 Å². The highest BCUT2D eigenvalue weighted by Crippen LogP contribution is 2.27. The summed E-state index contributed by atoms with van der Waals surface area (Å²) in [5, 5.41) is 3.58. The van der Waals surface area contributed by atoms with Crippen LogP contribution in [0.5, 0.6) is 5.75 Å². The molecule has 0 bridgehead atoms. The van der Waals surface area contributed by atoms with E-state index in [1.54, 1.807) is 0 Å². The molecule has 4 aromatic rings. The van der Waals surface area contributed by atoms with Crippen molar-refractivity contribution < 1.29 is 4.74 Å². The molecular formula is C24H23NO. The number of hydrogen-bond acceptors (Lipinski definition) is 2. The number of rotatable bonds is 6. The molecule has 0 amide bonds. The maximum Gasteiger partial charge on any atom is 0.121 e. The second-order valence-corrected chi connectivity index (χ2v) is 6.83. The Morgan fingerprint density at radius 1 is 0.885 bits per heavy atom. The van der Waals surface area contributed by atoms with Crippen LogP contribution in [-0.2, 0) is 6.42 Å². The summed E-state index contributed by atoms with van der Waals surface area (Å²) in [6.07, 6.45) is 5.39. The number of aromatic nitrogens is 1. The van der Waals surface area contributed by atoms with E-state index in [-0.39, 0.29) is 6.10 Å². The van der Waals surface area contributed by atoms with Crippen LogP contribution in [0.25, 0.3) is 21.7 Å². The minimum absolute atomic E-state index is 0.191. The molecule has 0 aliphatic rings. The molecule has 0 fully saturated rings. The van der Waals surface area contributed by atoms with Crippen molar-refractivity contribution in [3.05, 3.63) is 84.6 Å². The van der Waals surface area contributed by atoms with Gasteiger partial charge in [0.05, 0.1) is 11.6 Å². The average molecular weight is 341 g/mol. The smallest absolute Gasteiger partial charge is 0.121 e. The van der Waals surface area contributed by atoms with Gasteiger partial charge >= 0.3 is 0 Å². The summed E-state index contributed by atoms with van der Waals surface area (Å²) in [5.74, 6) is 0.896. The maximum atomic E-state index is 6.13. The normalized spacial score (nSPS) is 12.3. The number of ether oxygens (including phenoxy) is 1. The topological polar surface area (TPSA) is 22.1 Å². The minimum Gasteiger partial charge on any atom is -0.491 e. The van der Waals surface area contributed by atoms with Crippen LogP contribution in [0, 0.1) is 0 Å². The fourth-order valence-corrected chi connectivity index (χ4v) is 3.44. The molecule has 2 heteroatoms. The van der Waals surface area contributed by atoms with Gasteiger partial charge in [-0.3, -0.25) is 4.98 Å². The van der Waals surface area contributed by atoms with E-state index in [1.165, 1.54) is 21.7 Å². The van der Waals surface area contributed by atoms with Gasteiger partial charge in [0.25, 0.3) is 0 Å². The molecule has 0 aliphatic carbocycles. The lowest BCUT2D eigenvalue weighted by atomic mass is 10.1. The van der Waals surface area contributed by atoms with E-state index >= 15 is 0 Å². The lowest BCUT2D eigenvalue weighted by Crippen LogP contribution is -2.12.